The Balaban J connectivity index is 2.08. The van der Waals surface area contributed by atoms with Crippen molar-refractivity contribution in [3.8, 4) is 0 Å². The van der Waals surface area contributed by atoms with E-state index in [0.29, 0.717) is 12.1 Å². The van der Waals surface area contributed by atoms with Crippen molar-refractivity contribution in [2.75, 3.05) is 6.54 Å². The van der Waals surface area contributed by atoms with E-state index in [4.69, 9.17) is 4.74 Å². The lowest BCUT2D eigenvalue weighted by Gasteiger charge is -2.19. The summed E-state index contributed by atoms with van der Waals surface area (Å²) in [6.45, 7) is 4.04. The summed E-state index contributed by atoms with van der Waals surface area (Å²) in [6.07, 6.45) is -1.06. The van der Waals surface area contributed by atoms with Gasteiger partial charge < -0.3 is 10.1 Å². The van der Waals surface area contributed by atoms with Gasteiger partial charge in [-0.25, -0.2) is 4.79 Å². The van der Waals surface area contributed by atoms with E-state index in [1.165, 1.54) is 0 Å². The SMILES string of the molecule is CCNC(=O)NC(=O)[C@@H](OC(=O)C[C@@H](C)c1ccccc1)c1ccccc1. The molecule has 0 fully saturated rings. The molecule has 0 aliphatic rings. The third-order valence-electron chi connectivity index (χ3n) is 4.01. The molecule has 0 heterocycles. The number of nitrogens with one attached hydrogen (secondary N) is 2. The number of hydrogen-bond donors (Lipinski definition) is 2. The molecule has 2 N–H and O–H groups in total. The van der Waals surface area contributed by atoms with E-state index in [1.807, 2.05) is 37.3 Å². The number of rotatable bonds is 7. The van der Waals surface area contributed by atoms with Crippen molar-refractivity contribution in [3.63, 3.8) is 0 Å². The predicted octanol–water partition coefficient (Wildman–Crippen LogP) is 3.31. The number of carbonyl (C=O) groups excluding carboxylic acids is 3. The van der Waals surface area contributed by atoms with Gasteiger partial charge in [0.15, 0.2) is 0 Å². The van der Waals surface area contributed by atoms with Crippen LogP contribution in [0.25, 0.3) is 0 Å². The summed E-state index contributed by atoms with van der Waals surface area (Å²) in [4.78, 5) is 36.5. The van der Waals surface area contributed by atoms with Crippen LogP contribution in [0.1, 0.15) is 43.4 Å². The third kappa shape index (κ3) is 6.26. The standard InChI is InChI=1S/C21H24N2O4/c1-3-22-21(26)23-20(25)19(17-12-8-5-9-13-17)27-18(24)14-15(2)16-10-6-4-7-11-16/h4-13,15,19H,3,14H2,1-2H3,(H2,22,23,25,26)/t15-,19+/m1/s1. The van der Waals surface area contributed by atoms with Gasteiger partial charge in [0.05, 0.1) is 6.42 Å². The molecule has 0 spiro atoms. The largest absolute Gasteiger partial charge is 0.447 e. The number of carbonyl (C=O) groups is 3. The van der Waals surface area contributed by atoms with E-state index >= 15 is 0 Å². The molecule has 0 aliphatic carbocycles. The summed E-state index contributed by atoms with van der Waals surface area (Å²) in [5.74, 6) is -1.25. The van der Waals surface area contributed by atoms with Crippen molar-refractivity contribution in [3.05, 3.63) is 71.8 Å². The Morgan fingerprint density at radius 3 is 2.04 bits per heavy atom. The first kappa shape index (κ1) is 20.2. The van der Waals surface area contributed by atoms with Gasteiger partial charge in [-0.3, -0.25) is 14.9 Å². The lowest BCUT2D eigenvalue weighted by molar-refractivity contribution is -0.156. The van der Waals surface area contributed by atoms with Crippen LogP contribution in [0, 0.1) is 0 Å². The van der Waals surface area contributed by atoms with Crippen molar-refractivity contribution >= 4 is 17.9 Å². The minimum atomic E-state index is -1.19. The Morgan fingerprint density at radius 1 is 0.926 bits per heavy atom. The smallest absolute Gasteiger partial charge is 0.321 e. The fraction of sp³-hybridized carbons (Fsp3) is 0.286. The zero-order chi connectivity index (χ0) is 19.6. The van der Waals surface area contributed by atoms with Crippen molar-refractivity contribution < 1.29 is 19.1 Å². The van der Waals surface area contributed by atoms with Gasteiger partial charge in [-0.05, 0) is 18.4 Å². The van der Waals surface area contributed by atoms with Crippen LogP contribution in [0.5, 0.6) is 0 Å². The second kappa shape index (κ2) is 10.1. The first-order valence-corrected chi connectivity index (χ1v) is 8.89. The van der Waals surface area contributed by atoms with Gasteiger partial charge in [0.2, 0.25) is 6.10 Å². The summed E-state index contributed by atoms with van der Waals surface area (Å²) in [5, 5.41) is 4.68. The number of ether oxygens (including phenoxy) is 1. The molecule has 0 radical (unpaired) electrons. The molecule has 2 rings (SSSR count). The zero-order valence-electron chi connectivity index (χ0n) is 15.5. The minimum absolute atomic E-state index is 0.0541. The number of urea groups is 1. The predicted molar refractivity (Wildman–Crippen MR) is 102 cm³/mol. The minimum Gasteiger partial charge on any atom is -0.447 e. The molecule has 142 valence electrons. The normalized spacial score (nSPS) is 12.5. The Morgan fingerprint density at radius 2 is 1.48 bits per heavy atom. The van der Waals surface area contributed by atoms with Gasteiger partial charge in [-0.1, -0.05) is 67.6 Å². The van der Waals surface area contributed by atoms with E-state index in [2.05, 4.69) is 10.6 Å². The maximum Gasteiger partial charge on any atom is 0.321 e. The highest BCUT2D eigenvalue weighted by molar-refractivity contribution is 5.97. The summed E-state index contributed by atoms with van der Waals surface area (Å²) in [7, 11) is 0. The molecular weight excluding hydrogens is 344 g/mol. The summed E-state index contributed by atoms with van der Waals surface area (Å²) >= 11 is 0. The molecule has 27 heavy (non-hydrogen) atoms. The summed E-state index contributed by atoms with van der Waals surface area (Å²) < 4.78 is 5.44. The van der Waals surface area contributed by atoms with E-state index in [1.54, 1.807) is 37.3 Å². The molecule has 6 heteroatoms. The van der Waals surface area contributed by atoms with E-state index < -0.39 is 24.0 Å². The lowest BCUT2D eigenvalue weighted by Crippen LogP contribution is -2.42. The number of amides is 3. The molecular formula is C21H24N2O4. The second-order valence-corrected chi connectivity index (χ2v) is 6.15. The second-order valence-electron chi connectivity index (χ2n) is 6.15. The molecule has 2 atom stereocenters. The van der Waals surface area contributed by atoms with Gasteiger partial charge in [0.1, 0.15) is 0 Å². The van der Waals surface area contributed by atoms with Gasteiger partial charge in [-0.15, -0.1) is 0 Å². The van der Waals surface area contributed by atoms with Crippen molar-refractivity contribution in [1.29, 1.82) is 0 Å². The van der Waals surface area contributed by atoms with Crippen molar-refractivity contribution in [2.24, 2.45) is 0 Å². The molecule has 3 amide bonds. The summed E-state index contributed by atoms with van der Waals surface area (Å²) in [6, 6.07) is 17.6. The van der Waals surface area contributed by atoms with Crippen LogP contribution >= 0.6 is 0 Å². The van der Waals surface area contributed by atoms with Gasteiger partial charge in [0.25, 0.3) is 5.91 Å². The molecule has 0 saturated heterocycles. The highest BCUT2D eigenvalue weighted by Gasteiger charge is 2.27. The molecule has 0 saturated carbocycles. The topological polar surface area (TPSA) is 84.5 Å². The molecule has 2 aromatic rings. The fourth-order valence-corrected chi connectivity index (χ4v) is 2.61. The van der Waals surface area contributed by atoms with Crippen molar-refractivity contribution in [2.45, 2.75) is 32.3 Å². The van der Waals surface area contributed by atoms with Gasteiger partial charge >= 0.3 is 12.0 Å². The summed E-state index contributed by atoms with van der Waals surface area (Å²) in [5.41, 5.74) is 1.51. The molecule has 0 aliphatic heterocycles. The Bertz CT molecular complexity index is 762. The maximum absolute atomic E-state index is 12.5. The quantitative estimate of drug-likeness (QED) is 0.735. The maximum atomic E-state index is 12.5. The first-order chi connectivity index (χ1) is 13.0. The van der Waals surface area contributed by atoms with Crippen LogP contribution < -0.4 is 10.6 Å². The molecule has 6 nitrogen and oxygen atoms in total. The van der Waals surface area contributed by atoms with Crippen LogP contribution in [-0.4, -0.2) is 24.5 Å². The van der Waals surface area contributed by atoms with E-state index in [9.17, 15) is 14.4 Å². The number of imide groups is 1. The van der Waals surface area contributed by atoms with Gasteiger partial charge in [-0.2, -0.15) is 0 Å². The number of benzene rings is 2. The van der Waals surface area contributed by atoms with E-state index in [-0.39, 0.29) is 12.3 Å². The van der Waals surface area contributed by atoms with Crippen molar-refractivity contribution in [1.82, 2.24) is 10.6 Å². The van der Waals surface area contributed by atoms with Crippen LogP contribution in [0.3, 0.4) is 0 Å². The average molecular weight is 368 g/mol. The fourth-order valence-electron chi connectivity index (χ4n) is 2.61. The Labute approximate surface area is 158 Å². The Kier molecular flexibility index (Phi) is 7.55. The third-order valence-corrected chi connectivity index (χ3v) is 4.01. The highest BCUT2D eigenvalue weighted by Crippen LogP contribution is 2.23. The first-order valence-electron chi connectivity index (χ1n) is 8.89. The van der Waals surface area contributed by atoms with Crippen LogP contribution in [0.4, 0.5) is 4.79 Å². The van der Waals surface area contributed by atoms with Gasteiger partial charge in [0, 0.05) is 12.1 Å². The average Bonchev–Trinajstić information content (AvgIpc) is 2.67. The molecule has 0 aromatic heterocycles. The van der Waals surface area contributed by atoms with Crippen LogP contribution in [-0.2, 0) is 14.3 Å². The molecule has 0 unspecified atom stereocenters. The monoisotopic (exact) mass is 368 g/mol. The van der Waals surface area contributed by atoms with E-state index in [0.717, 1.165) is 5.56 Å². The van der Waals surface area contributed by atoms with Crippen LogP contribution in [0.2, 0.25) is 0 Å². The lowest BCUT2D eigenvalue weighted by atomic mass is 9.98. The highest BCUT2D eigenvalue weighted by atomic mass is 16.5. The molecule has 2 aromatic carbocycles. The molecule has 0 bridgehead atoms. The van der Waals surface area contributed by atoms with Crippen LogP contribution in [0.15, 0.2) is 60.7 Å². The zero-order valence-corrected chi connectivity index (χ0v) is 15.5. The number of esters is 1. The number of hydrogen-bond acceptors (Lipinski definition) is 4. The Hall–Kier alpha value is -3.15.